The molecule has 3 aromatic rings. The maximum absolute atomic E-state index is 14.0. The summed E-state index contributed by atoms with van der Waals surface area (Å²) in [5, 5.41) is 0. The Hall–Kier alpha value is -3.53. The van der Waals surface area contributed by atoms with Crippen LogP contribution in [0.25, 0.3) is 17.7 Å². The number of hydrogen-bond acceptors (Lipinski definition) is 3. The van der Waals surface area contributed by atoms with Crippen molar-refractivity contribution in [2.24, 2.45) is 0 Å². The highest BCUT2D eigenvalue weighted by molar-refractivity contribution is 5.89. The third-order valence-corrected chi connectivity index (χ3v) is 5.44. The van der Waals surface area contributed by atoms with Gasteiger partial charge in [-0.25, -0.2) is 4.39 Å². The highest BCUT2D eigenvalue weighted by atomic mass is 19.1. The molecule has 0 saturated carbocycles. The summed E-state index contributed by atoms with van der Waals surface area (Å²) in [6.45, 7) is 4.79. The first-order valence-electron chi connectivity index (χ1n) is 10.3. The molecule has 0 unspecified atom stereocenters. The highest BCUT2D eigenvalue weighted by Gasteiger charge is 2.27. The number of fused-ring (bicyclic) bond motifs is 3. The molecule has 0 saturated heterocycles. The first-order valence-corrected chi connectivity index (χ1v) is 10.3. The second kappa shape index (κ2) is 7.62. The van der Waals surface area contributed by atoms with Gasteiger partial charge < -0.3 is 14.2 Å². The van der Waals surface area contributed by atoms with Crippen molar-refractivity contribution in [3.63, 3.8) is 0 Å². The summed E-state index contributed by atoms with van der Waals surface area (Å²) < 4.78 is 32.2. The van der Waals surface area contributed by atoms with Crippen LogP contribution in [0.3, 0.4) is 0 Å². The van der Waals surface area contributed by atoms with Gasteiger partial charge in [0, 0.05) is 22.8 Å². The summed E-state index contributed by atoms with van der Waals surface area (Å²) in [5.74, 6) is 1.80. The van der Waals surface area contributed by atoms with E-state index in [1.54, 1.807) is 6.07 Å². The summed E-state index contributed by atoms with van der Waals surface area (Å²) in [5.41, 5.74) is 4.37. The molecule has 0 aromatic heterocycles. The van der Waals surface area contributed by atoms with E-state index in [1.807, 2.05) is 62.4 Å². The van der Waals surface area contributed by atoms with Crippen LogP contribution in [0.2, 0.25) is 0 Å². The summed E-state index contributed by atoms with van der Waals surface area (Å²) in [6.07, 6.45) is 6.17. The predicted octanol–water partition coefficient (Wildman–Crippen LogP) is 6.52. The van der Waals surface area contributed by atoms with E-state index in [1.165, 1.54) is 12.1 Å². The molecule has 5 rings (SSSR count). The normalized spacial score (nSPS) is 15.8. The molecule has 31 heavy (non-hydrogen) atoms. The molecule has 0 N–H and O–H groups in total. The van der Waals surface area contributed by atoms with E-state index in [4.69, 9.17) is 14.2 Å². The van der Waals surface area contributed by atoms with Crippen LogP contribution < -0.4 is 14.2 Å². The Morgan fingerprint density at radius 1 is 1.03 bits per heavy atom. The molecule has 0 amide bonds. The molecule has 2 aliphatic heterocycles. The summed E-state index contributed by atoms with van der Waals surface area (Å²) in [4.78, 5) is 0. The SMILES string of the molecule is CC1(C)C=Cc2c(ccc3c2OCC(c2ccc(F)cc2OCc2ccccc2)=C3)O1. The number of hydrogen-bond donors (Lipinski definition) is 0. The Balaban J connectivity index is 1.48. The van der Waals surface area contributed by atoms with E-state index < -0.39 is 0 Å². The Bertz CT molecular complexity index is 1190. The maximum atomic E-state index is 14.0. The Labute approximate surface area is 181 Å². The fourth-order valence-corrected chi connectivity index (χ4v) is 3.87. The van der Waals surface area contributed by atoms with Gasteiger partial charge in [-0.15, -0.1) is 0 Å². The van der Waals surface area contributed by atoms with Gasteiger partial charge in [-0.2, -0.15) is 0 Å². The quantitative estimate of drug-likeness (QED) is 0.486. The van der Waals surface area contributed by atoms with Crippen molar-refractivity contribution in [1.29, 1.82) is 0 Å². The van der Waals surface area contributed by atoms with E-state index >= 15 is 0 Å². The fraction of sp³-hybridized carbons (Fsp3) is 0.185. The molecule has 3 nitrogen and oxygen atoms in total. The number of ether oxygens (including phenoxy) is 3. The minimum Gasteiger partial charge on any atom is -0.488 e. The molecule has 0 spiro atoms. The molecular formula is C27H23FO3. The van der Waals surface area contributed by atoms with Gasteiger partial charge in [0.2, 0.25) is 0 Å². The third-order valence-electron chi connectivity index (χ3n) is 5.44. The van der Waals surface area contributed by atoms with Crippen LogP contribution in [0.15, 0.2) is 66.7 Å². The summed E-state index contributed by atoms with van der Waals surface area (Å²) in [7, 11) is 0. The lowest BCUT2D eigenvalue weighted by Crippen LogP contribution is -2.27. The fourth-order valence-electron chi connectivity index (χ4n) is 3.87. The van der Waals surface area contributed by atoms with Crippen LogP contribution >= 0.6 is 0 Å². The zero-order chi connectivity index (χ0) is 21.4. The lowest BCUT2D eigenvalue weighted by atomic mass is 9.95. The first-order chi connectivity index (χ1) is 15.0. The Morgan fingerprint density at radius 2 is 1.87 bits per heavy atom. The topological polar surface area (TPSA) is 27.7 Å². The van der Waals surface area contributed by atoms with Crippen LogP contribution in [0.4, 0.5) is 4.39 Å². The first kappa shape index (κ1) is 19.4. The minimum atomic E-state index is -0.337. The van der Waals surface area contributed by atoms with E-state index in [0.717, 1.165) is 39.3 Å². The van der Waals surface area contributed by atoms with Crippen LogP contribution in [-0.2, 0) is 6.61 Å². The maximum Gasteiger partial charge on any atom is 0.137 e. The average Bonchev–Trinajstić information content (AvgIpc) is 2.77. The standard InChI is InChI=1S/C27H23FO3/c1-27(2)13-12-23-24(31-27)11-8-19-14-20(17-30-26(19)23)22-10-9-21(28)15-25(22)29-16-18-6-4-3-5-7-18/h3-15H,16-17H2,1-2H3. The van der Waals surface area contributed by atoms with Gasteiger partial charge in [-0.1, -0.05) is 30.3 Å². The third kappa shape index (κ3) is 3.93. The molecule has 2 aliphatic rings. The molecule has 3 aromatic carbocycles. The number of halogens is 1. The van der Waals surface area contributed by atoms with E-state index in [-0.39, 0.29) is 11.4 Å². The smallest absolute Gasteiger partial charge is 0.137 e. The molecule has 0 atom stereocenters. The molecule has 156 valence electrons. The second-order valence-corrected chi connectivity index (χ2v) is 8.31. The largest absolute Gasteiger partial charge is 0.488 e. The minimum absolute atomic E-state index is 0.330. The van der Waals surface area contributed by atoms with Gasteiger partial charge in [0.15, 0.2) is 0 Å². The molecule has 4 heteroatoms. The van der Waals surface area contributed by atoms with Crippen molar-refractivity contribution in [1.82, 2.24) is 0 Å². The van der Waals surface area contributed by atoms with Crippen molar-refractivity contribution in [2.45, 2.75) is 26.1 Å². The van der Waals surface area contributed by atoms with Gasteiger partial charge in [-0.05, 0) is 61.9 Å². The van der Waals surface area contributed by atoms with Crippen molar-refractivity contribution in [3.05, 3.63) is 94.8 Å². The number of benzene rings is 3. The average molecular weight is 414 g/mol. The highest BCUT2D eigenvalue weighted by Crippen LogP contribution is 2.43. The molecule has 2 heterocycles. The molecule has 0 aliphatic carbocycles. The van der Waals surface area contributed by atoms with Gasteiger partial charge in [0.1, 0.15) is 41.9 Å². The summed E-state index contributed by atoms with van der Waals surface area (Å²) >= 11 is 0. The van der Waals surface area contributed by atoms with Crippen LogP contribution in [-0.4, -0.2) is 12.2 Å². The Kier molecular flexibility index (Phi) is 4.78. The van der Waals surface area contributed by atoms with Gasteiger partial charge >= 0.3 is 0 Å². The Morgan fingerprint density at radius 3 is 2.71 bits per heavy atom. The molecule has 0 radical (unpaired) electrons. The van der Waals surface area contributed by atoms with Crippen LogP contribution in [0, 0.1) is 5.82 Å². The lowest BCUT2D eigenvalue weighted by molar-refractivity contribution is 0.158. The zero-order valence-corrected chi connectivity index (χ0v) is 17.5. The van der Waals surface area contributed by atoms with E-state index in [9.17, 15) is 4.39 Å². The van der Waals surface area contributed by atoms with Gasteiger partial charge in [0.25, 0.3) is 0 Å². The van der Waals surface area contributed by atoms with Crippen molar-refractivity contribution >= 4 is 17.7 Å². The van der Waals surface area contributed by atoms with E-state index in [2.05, 4.69) is 12.2 Å². The monoisotopic (exact) mass is 414 g/mol. The lowest BCUT2D eigenvalue weighted by Gasteiger charge is -2.30. The van der Waals surface area contributed by atoms with Gasteiger partial charge in [0.05, 0.1) is 5.56 Å². The van der Waals surface area contributed by atoms with Crippen molar-refractivity contribution in [3.8, 4) is 17.2 Å². The summed E-state index contributed by atoms with van der Waals surface area (Å²) in [6, 6.07) is 18.4. The number of rotatable bonds is 4. The predicted molar refractivity (Wildman–Crippen MR) is 121 cm³/mol. The second-order valence-electron chi connectivity index (χ2n) is 8.31. The van der Waals surface area contributed by atoms with Crippen LogP contribution in [0.5, 0.6) is 17.2 Å². The van der Waals surface area contributed by atoms with Crippen molar-refractivity contribution < 1.29 is 18.6 Å². The van der Waals surface area contributed by atoms with Gasteiger partial charge in [-0.3, -0.25) is 0 Å². The molecule has 0 fully saturated rings. The molecular weight excluding hydrogens is 391 g/mol. The molecule has 0 bridgehead atoms. The zero-order valence-electron chi connectivity index (χ0n) is 17.5. The van der Waals surface area contributed by atoms with Crippen molar-refractivity contribution in [2.75, 3.05) is 6.61 Å². The van der Waals surface area contributed by atoms with Crippen LogP contribution in [0.1, 0.15) is 36.1 Å². The van der Waals surface area contributed by atoms with E-state index in [0.29, 0.717) is 19.0 Å².